The van der Waals surface area contributed by atoms with Crippen LogP contribution >= 0.6 is 11.9 Å². The first kappa shape index (κ1) is 20.9. The quantitative estimate of drug-likeness (QED) is 0.412. The highest BCUT2D eigenvalue weighted by molar-refractivity contribution is 8.00. The molecule has 0 spiro atoms. The van der Waals surface area contributed by atoms with Gasteiger partial charge in [-0.3, -0.25) is 4.31 Å². The van der Waals surface area contributed by atoms with Crippen LogP contribution in [0.4, 0.5) is 23.1 Å². The molecule has 3 aromatic rings. The molecule has 1 heterocycles. The summed E-state index contributed by atoms with van der Waals surface area (Å²) in [6, 6.07) is 17.2. The number of rotatable bonds is 6. The maximum Gasteiger partial charge on any atom is 0.229 e. The number of anilines is 4. The first-order valence-electron chi connectivity index (χ1n) is 9.17. The molecule has 0 aliphatic carbocycles. The smallest absolute Gasteiger partial charge is 0.229 e. The molecule has 3 rings (SSSR count). The third kappa shape index (κ3) is 4.78. The van der Waals surface area contributed by atoms with E-state index in [-0.39, 0.29) is 0 Å². The monoisotopic (exact) mass is 412 g/mol. The van der Waals surface area contributed by atoms with Crippen LogP contribution in [0.2, 0.25) is 0 Å². The van der Waals surface area contributed by atoms with Gasteiger partial charge in [0.1, 0.15) is 5.82 Å². The maximum absolute atomic E-state index is 8.93. The lowest BCUT2D eigenvalue weighted by Gasteiger charge is -2.25. The third-order valence-electron chi connectivity index (χ3n) is 4.37. The summed E-state index contributed by atoms with van der Waals surface area (Å²) in [7, 11) is 0. The van der Waals surface area contributed by atoms with Crippen molar-refractivity contribution in [1.29, 1.82) is 10.5 Å². The van der Waals surface area contributed by atoms with Crippen molar-refractivity contribution >= 4 is 41.2 Å². The summed E-state index contributed by atoms with van der Waals surface area (Å²) in [5, 5.41) is 20.9. The Morgan fingerprint density at radius 3 is 2.37 bits per heavy atom. The molecule has 0 radical (unpaired) electrons. The number of nitrogens with zero attached hydrogens (tertiary/aromatic N) is 5. The van der Waals surface area contributed by atoms with Crippen LogP contribution in [0.25, 0.3) is 6.08 Å². The molecule has 1 N–H and O–H groups in total. The van der Waals surface area contributed by atoms with Crippen molar-refractivity contribution in [1.82, 2.24) is 9.97 Å². The van der Waals surface area contributed by atoms with Gasteiger partial charge in [0.25, 0.3) is 0 Å². The van der Waals surface area contributed by atoms with Crippen LogP contribution in [-0.2, 0) is 0 Å². The number of nitriles is 2. The predicted octanol–water partition coefficient (Wildman–Crippen LogP) is 5.66. The van der Waals surface area contributed by atoms with E-state index in [1.807, 2.05) is 44.4 Å². The number of benzene rings is 2. The zero-order chi connectivity index (χ0) is 21.5. The molecular weight excluding hydrogens is 392 g/mol. The molecule has 0 atom stereocenters. The molecule has 148 valence electrons. The van der Waals surface area contributed by atoms with Gasteiger partial charge in [0.05, 0.1) is 23.4 Å². The Morgan fingerprint density at radius 1 is 1.07 bits per heavy atom. The van der Waals surface area contributed by atoms with E-state index in [1.165, 1.54) is 6.08 Å². The van der Waals surface area contributed by atoms with Gasteiger partial charge in [-0.1, -0.05) is 0 Å². The zero-order valence-electron chi connectivity index (χ0n) is 16.9. The van der Waals surface area contributed by atoms with Crippen LogP contribution in [0.1, 0.15) is 22.3 Å². The fraction of sp³-hybridized carbons (Fsp3) is 0.130. The highest BCUT2D eigenvalue weighted by Crippen LogP contribution is 2.36. The van der Waals surface area contributed by atoms with E-state index in [1.54, 1.807) is 36.4 Å². The Kier molecular flexibility index (Phi) is 6.69. The first-order valence-corrected chi connectivity index (χ1v) is 10.4. The fourth-order valence-corrected chi connectivity index (χ4v) is 3.88. The Balaban J connectivity index is 1.92. The predicted molar refractivity (Wildman–Crippen MR) is 123 cm³/mol. The number of aryl methyl sites for hydroxylation is 2. The summed E-state index contributed by atoms with van der Waals surface area (Å²) in [6.45, 7) is 4.10. The molecule has 0 fully saturated rings. The van der Waals surface area contributed by atoms with Crippen molar-refractivity contribution in [2.24, 2.45) is 0 Å². The second-order valence-electron chi connectivity index (χ2n) is 6.50. The number of hydrogen-bond donors (Lipinski definition) is 1. The molecule has 6 nitrogen and oxygen atoms in total. The maximum atomic E-state index is 8.93. The van der Waals surface area contributed by atoms with Gasteiger partial charge in [-0.25, -0.2) is 4.98 Å². The highest BCUT2D eigenvalue weighted by atomic mass is 32.2. The Bertz CT molecular complexity index is 1130. The van der Waals surface area contributed by atoms with Gasteiger partial charge in [0.2, 0.25) is 5.95 Å². The molecule has 0 unspecified atom stereocenters. The van der Waals surface area contributed by atoms with Crippen molar-refractivity contribution in [3.63, 3.8) is 0 Å². The SMILES string of the molecule is CSN(c1ccnc(Nc2ccc(C#N)cc2)n1)c1c(C)cc(/C=C/C#N)cc1C. The van der Waals surface area contributed by atoms with Crippen LogP contribution in [0.3, 0.4) is 0 Å². The van der Waals surface area contributed by atoms with Gasteiger partial charge >= 0.3 is 0 Å². The van der Waals surface area contributed by atoms with Crippen LogP contribution in [0, 0.1) is 36.5 Å². The van der Waals surface area contributed by atoms with Crippen molar-refractivity contribution in [3.8, 4) is 12.1 Å². The van der Waals surface area contributed by atoms with Crippen molar-refractivity contribution in [3.05, 3.63) is 77.0 Å². The molecule has 0 aliphatic rings. The highest BCUT2D eigenvalue weighted by Gasteiger charge is 2.16. The van der Waals surface area contributed by atoms with Crippen LogP contribution in [-0.4, -0.2) is 16.2 Å². The van der Waals surface area contributed by atoms with E-state index in [4.69, 9.17) is 10.5 Å². The van der Waals surface area contributed by atoms with E-state index >= 15 is 0 Å². The van der Waals surface area contributed by atoms with E-state index in [0.717, 1.165) is 33.9 Å². The standard InChI is InChI=1S/C23H20N6S/c1-16-13-19(5-4-11-24)14-17(2)22(16)29(30-3)21-10-12-26-23(28-21)27-20-8-6-18(15-25)7-9-20/h4-10,12-14H,1-3H3,(H,26,27,28)/b5-4+. The minimum atomic E-state index is 0.472. The lowest BCUT2D eigenvalue weighted by Crippen LogP contribution is -2.12. The van der Waals surface area contributed by atoms with Gasteiger partial charge in [-0.15, -0.1) is 0 Å². The molecule has 0 amide bonds. The minimum Gasteiger partial charge on any atom is -0.324 e. The van der Waals surface area contributed by atoms with Crippen molar-refractivity contribution in [2.75, 3.05) is 15.9 Å². The Hall–Kier alpha value is -3.81. The molecule has 0 bridgehead atoms. The van der Waals surface area contributed by atoms with Gasteiger partial charge in [-0.05, 0) is 85.0 Å². The fourth-order valence-electron chi connectivity index (χ4n) is 3.12. The molecule has 0 saturated carbocycles. The van der Waals surface area contributed by atoms with E-state index in [9.17, 15) is 0 Å². The van der Waals surface area contributed by atoms with Gasteiger partial charge < -0.3 is 5.32 Å². The molecule has 2 aromatic carbocycles. The minimum absolute atomic E-state index is 0.472. The van der Waals surface area contributed by atoms with Gasteiger partial charge in [0.15, 0.2) is 0 Å². The molecule has 30 heavy (non-hydrogen) atoms. The van der Waals surface area contributed by atoms with Crippen LogP contribution in [0.5, 0.6) is 0 Å². The second kappa shape index (κ2) is 9.60. The average molecular weight is 413 g/mol. The summed E-state index contributed by atoms with van der Waals surface area (Å²) in [4.78, 5) is 8.99. The lowest BCUT2D eigenvalue weighted by atomic mass is 10.0. The van der Waals surface area contributed by atoms with E-state index < -0.39 is 0 Å². The third-order valence-corrected chi connectivity index (χ3v) is 5.10. The zero-order valence-corrected chi connectivity index (χ0v) is 17.7. The van der Waals surface area contributed by atoms with Gasteiger partial charge in [-0.2, -0.15) is 15.5 Å². The number of hydrogen-bond acceptors (Lipinski definition) is 7. The Morgan fingerprint density at radius 2 is 1.77 bits per heavy atom. The summed E-state index contributed by atoms with van der Waals surface area (Å²) >= 11 is 1.56. The summed E-state index contributed by atoms with van der Waals surface area (Å²) in [5.74, 6) is 1.22. The van der Waals surface area contributed by atoms with Crippen molar-refractivity contribution < 1.29 is 0 Å². The van der Waals surface area contributed by atoms with E-state index in [0.29, 0.717) is 11.5 Å². The normalized spacial score (nSPS) is 10.4. The summed E-state index contributed by atoms with van der Waals surface area (Å²) in [6.07, 6.45) is 6.99. The lowest BCUT2D eigenvalue weighted by molar-refractivity contribution is 1.14. The molecule has 7 heteroatoms. The molecular formula is C23H20N6S. The summed E-state index contributed by atoms with van der Waals surface area (Å²) < 4.78 is 2.06. The molecule has 0 aliphatic heterocycles. The molecule has 0 saturated heterocycles. The topological polar surface area (TPSA) is 88.6 Å². The summed E-state index contributed by atoms with van der Waals surface area (Å²) in [5.41, 5.74) is 5.62. The number of nitrogens with one attached hydrogen (secondary N) is 1. The largest absolute Gasteiger partial charge is 0.324 e. The van der Waals surface area contributed by atoms with Crippen LogP contribution < -0.4 is 9.62 Å². The number of aromatic nitrogens is 2. The molecule has 1 aromatic heterocycles. The van der Waals surface area contributed by atoms with Crippen LogP contribution in [0.15, 0.2) is 54.7 Å². The number of allylic oxidation sites excluding steroid dienone is 1. The van der Waals surface area contributed by atoms with E-state index in [2.05, 4.69) is 37.8 Å². The van der Waals surface area contributed by atoms with Gasteiger partial charge in [0, 0.05) is 30.3 Å². The van der Waals surface area contributed by atoms with Crippen molar-refractivity contribution in [2.45, 2.75) is 13.8 Å². The average Bonchev–Trinajstić information content (AvgIpc) is 2.75. The Labute approximate surface area is 180 Å². The first-order chi connectivity index (χ1) is 14.5. The second-order valence-corrected chi connectivity index (χ2v) is 7.23.